The Morgan fingerprint density at radius 1 is 0.958 bits per heavy atom. The third kappa shape index (κ3) is 2.35. The smallest absolute Gasteiger partial charge is 0.105 e. The number of hydrogen-bond donors (Lipinski definition) is 0. The molecule has 24 heavy (non-hydrogen) atoms. The summed E-state index contributed by atoms with van der Waals surface area (Å²) in [6, 6.07) is 21.7. The van der Waals surface area contributed by atoms with E-state index < -0.39 is 7.53 Å². The lowest BCUT2D eigenvalue weighted by Gasteiger charge is -2.20. The molecule has 1 aromatic heterocycles. The first-order valence-electron chi connectivity index (χ1n) is 8.52. The van der Waals surface area contributed by atoms with E-state index in [4.69, 9.17) is 4.74 Å². The predicted octanol–water partition coefficient (Wildman–Crippen LogP) is 6.31. The van der Waals surface area contributed by atoms with Gasteiger partial charge in [-0.15, -0.1) is 0 Å². The minimum Gasteiger partial charge on any atom is -0.372 e. The normalized spacial score (nSPS) is 23.3. The van der Waals surface area contributed by atoms with Crippen LogP contribution in [-0.2, 0) is 10.3 Å². The van der Waals surface area contributed by atoms with E-state index >= 15 is 0 Å². The Hall–Kier alpha value is -1.82. The van der Waals surface area contributed by atoms with Gasteiger partial charge in [-0.05, 0) is 48.1 Å². The average molecular weight is 334 g/mol. The van der Waals surface area contributed by atoms with E-state index in [9.17, 15) is 0 Å². The van der Waals surface area contributed by atoms with Crippen LogP contribution in [0.25, 0.3) is 5.30 Å². The lowest BCUT2D eigenvalue weighted by molar-refractivity contribution is 0.0755. The van der Waals surface area contributed by atoms with Gasteiger partial charge in [-0.25, -0.2) is 0 Å². The van der Waals surface area contributed by atoms with Gasteiger partial charge in [0, 0.05) is 18.3 Å². The maximum Gasteiger partial charge on any atom is 0.105 e. The van der Waals surface area contributed by atoms with E-state index in [2.05, 4.69) is 80.3 Å². The summed E-state index contributed by atoms with van der Waals surface area (Å²) in [5.41, 5.74) is 4.12. The Balaban J connectivity index is 1.85. The Bertz CT molecular complexity index is 850. The predicted molar refractivity (Wildman–Crippen MR) is 102 cm³/mol. The first kappa shape index (κ1) is 15.7. The first-order valence-corrected chi connectivity index (χ1v) is 9.93. The third-order valence-electron chi connectivity index (χ3n) is 5.42. The second-order valence-electron chi connectivity index (χ2n) is 6.75. The molecule has 1 aliphatic rings. The van der Waals surface area contributed by atoms with Crippen LogP contribution in [0.3, 0.4) is 0 Å². The van der Waals surface area contributed by atoms with Crippen molar-refractivity contribution in [3.05, 3.63) is 88.4 Å². The summed E-state index contributed by atoms with van der Waals surface area (Å²) >= 11 is 0. The standard InChI is InChI=1S/C22H23OP/c1-16-15-24(19-12-8-5-9-13-19)21(17(16)2)22(23-3)14-20(22)18-10-6-4-7-11-18/h4-13,15,20H,14H2,1-3H3. The SMILES string of the molecule is COC1(c2c(C)c(C)cp2-c2ccccc2)CC1c1ccccc1. The van der Waals surface area contributed by atoms with Crippen LogP contribution in [0.5, 0.6) is 0 Å². The monoisotopic (exact) mass is 334 g/mol. The molecule has 3 aromatic rings. The molecule has 0 N–H and O–H groups in total. The number of aryl methyl sites for hydroxylation is 1. The van der Waals surface area contributed by atoms with Gasteiger partial charge in [0.15, 0.2) is 0 Å². The number of benzene rings is 2. The van der Waals surface area contributed by atoms with Crippen molar-refractivity contribution in [1.82, 2.24) is 0 Å². The fourth-order valence-corrected chi connectivity index (χ4v) is 6.83. The largest absolute Gasteiger partial charge is 0.372 e. The Kier molecular flexibility index (Phi) is 3.87. The van der Waals surface area contributed by atoms with Gasteiger partial charge >= 0.3 is 0 Å². The fourth-order valence-electron chi connectivity index (χ4n) is 3.94. The molecule has 0 spiro atoms. The Morgan fingerprint density at radius 2 is 1.58 bits per heavy atom. The van der Waals surface area contributed by atoms with Crippen LogP contribution in [0.2, 0.25) is 0 Å². The van der Waals surface area contributed by atoms with E-state index in [1.54, 1.807) is 0 Å². The van der Waals surface area contributed by atoms with E-state index in [1.807, 2.05) is 7.11 Å². The minimum atomic E-state index is -0.438. The maximum absolute atomic E-state index is 6.20. The van der Waals surface area contributed by atoms with Crippen LogP contribution >= 0.6 is 7.53 Å². The summed E-state index contributed by atoms with van der Waals surface area (Å²) < 4.78 is 6.20. The molecule has 3 unspecified atom stereocenters. The molecule has 0 saturated heterocycles. The molecular weight excluding hydrogens is 311 g/mol. The molecule has 1 aliphatic carbocycles. The molecule has 0 aliphatic heterocycles. The highest BCUT2D eigenvalue weighted by molar-refractivity contribution is 7.57. The molecule has 0 amide bonds. The van der Waals surface area contributed by atoms with E-state index in [1.165, 1.54) is 27.3 Å². The quantitative estimate of drug-likeness (QED) is 0.543. The molecule has 1 nitrogen and oxygen atoms in total. The van der Waals surface area contributed by atoms with E-state index in [-0.39, 0.29) is 5.60 Å². The molecule has 1 heterocycles. The van der Waals surface area contributed by atoms with Crippen molar-refractivity contribution < 1.29 is 4.74 Å². The molecule has 0 bridgehead atoms. The van der Waals surface area contributed by atoms with Crippen molar-refractivity contribution >= 4 is 7.53 Å². The summed E-state index contributed by atoms with van der Waals surface area (Å²) in [7, 11) is 1.45. The third-order valence-corrected chi connectivity index (χ3v) is 8.12. The van der Waals surface area contributed by atoms with Gasteiger partial charge in [0.2, 0.25) is 0 Å². The van der Waals surface area contributed by atoms with Crippen molar-refractivity contribution in [3.8, 4) is 5.30 Å². The van der Waals surface area contributed by atoms with Crippen LogP contribution in [0.4, 0.5) is 0 Å². The zero-order valence-electron chi connectivity index (χ0n) is 14.5. The Morgan fingerprint density at radius 3 is 2.21 bits per heavy atom. The molecule has 4 rings (SSSR count). The molecule has 3 atom stereocenters. The molecule has 0 radical (unpaired) electrons. The van der Waals surface area contributed by atoms with Crippen molar-refractivity contribution in [3.63, 3.8) is 0 Å². The molecule has 1 saturated carbocycles. The number of hydrogen-bond acceptors (Lipinski definition) is 1. The Labute approximate surface area is 145 Å². The molecular formula is C22H23OP. The highest BCUT2D eigenvalue weighted by Gasteiger charge is 2.58. The van der Waals surface area contributed by atoms with E-state index in [0.29, 0.717) is 5.92 Å². The maximum atomic E-state index is 6.20. The zero-order valence-corrected chi connectivity index (χ0v) is 15.4. The topological polar surface area (TPSA) is 9.23 Å². The summed E-state index contributed by atoms with van der Waals surface area (Å²) in [4.78, 5) is 0. The summed E-state index contributed by atoms with van der Waals surface area (Å²) in [5, 5.41) is 2.95. The molecule has 2 heteroatoms. The minimum absolute atomic E-state index is 0.124. The molecule has 1 fully saturated rings. The van der Waals surface area contributed by atoms with Crippen molar-refractivity contribution in [2.24, 2.45) is 0 Å². The van der Waals surface area contributed by atoms with Gasteiger partial charge in [0.05, 0.1) is 0 Å². The van der Waals surface area contributed by atoms with Gasteiger partial charge < -0.3 is 4.74 Å². The van der Waals surface area contributed by atoms with Crippen molar-refractivity contribution in [2.45, 2.75) is 31.8 Å². The average Bonchev–Trinajstić information content (AvgIpc) is 3.30. The molecule has 122 valence electrons. The van der Waals surface area contributed by atoms with Gasteiger partial charge in [-0.1, -0.05) is 68.2 Å². The summed E-state index contributed by atoms with van der Waals surface area (Å²) in [6.45, 7) is 4.51. The van der Waals surface area contributed by atoms with Gasteiger partial charge in [0.25, 0.3) is 0 Å². The van der Waals surface area contributed by atoms with Crippen molar-refractivity contribution in [2.75, 3.05) is 7.11 Å². The van der Waals surface area contributed by atoms with Crippen LogP contribution in [0.1, 0.15) is 34.3 Å². The number of rotatable bonds is 4. The fraction of sp³-hybridized carbons (Fsp3) is 0.273. The lowest BCUT2D eigenvalue weighted by atomic mass is 10.0. The highest BCUT2D eigenvalue weighted by Crippen LogP contribution is 2.67. The molecule has 2 aromatic carbocycles. The summed E-state index contributed by atoms with van der Waals surface area (Å²) in [5.74, 6) is 2.94. The lowest BCUT2D eigenvalue weighted by Crippen LogP contribution is -2.12. The second-order valence-corrected chi connectivity index (χ2v) is 8.71. The van der Waals surface area contributed by atoms with Crippen LogP contribution < -0.4 is 0 Å². The first-order chi connectivity index (χ1) is 11.7. The van der Waals surface area contributed by atoms with Crippen LogP contribution in [0.15, 0.2) is 66.5 Å². The number of methoxy groups -OCH3 is 1. The van der Waals surface area contributed by atoms with Crippen LogP contribution in [-0.4, -0.2) is 7.11 Å². The van der Waals surface area contributed by atoms with Crippen LogP contribution in [0, 0.1) is 13.8 Å². The van der Waals surface area contributed by atoms with Gasteiger partial charge in [0.1, 0.15) is 5.60 Å². The van der Waals surface area contributed by atoms with Gasteiger partial charge in [-0.2, -0.15) is 0 Å². The van der Waals surface area contributed by atoms with Gasteiger partial charge in [-0.3, -0.25) is 0 Å². The van der Waals surface area contributed by atoms with Crippen molar-refractivity contribution in [1.29, 1.82) is 0 Å². The second kappa shape index (κ2) is 5.92. The number of ether oxygens (including phenoxy) is 1. The highest BCUT2D eigenvalue weighted by atomic mass is 31.1. The zero-order chi connectivity index (χ0) is 16.7. The summed E-state index contributed by atoms with van der Waals surface area (Å²) in [6.07, 6.45) is 1.09. The van der Waals surface area contributed by atoms with E-state index in [0.717, 1.165) is 6.42 Å².